The average Bonchev–Trinajstić information content (AvgIpc) is 2.53. The van der Waals surface area contributed by atoms with Crippen LogP contribution in [0.4, 0.5) is 4.79 Å². The molecular weight excluding hydrogens is 282 g/mol. The van der Waals surface area contributed by atoms with Crippen molar-refractivity contribution < 1.29 is 14.3 Å². The highest BCUT2D eigenvalue weighted by atomic mass is 16.5. The first-order chi connectivity index (χ1) is 10.6. The molecule has 6 nitrogen and oxygen atoms in total. The standard InChI is InChI=1S/C16H21N3O3/c1-4-16(5-2)13(18-15(21)19-14(16)20)17-10-11-6-8-12(22-3)9-7-11/h6-9H,4-5,10H2,1-3H3,(H2,17,18,19,20,21). The Kier molecular flexibility index (Phi) is 4.80. The van der Waals surface area contributed by atoms with Crippen molar-refractivity contribution in [1.82, 2.24) is 10.6 Å². The van der Waals surface area contributed by atoms with E-state index in [0.717, 1.165) is 11.3 Å². The van der Waals surface area contributed by atoms with Crippen molar-refractivity contribution in [3.8, 4) is 5.75 Å². The van der Waals surface area contributed by atoms with Gasteiger partial charge in [0, 0.05) is 0 Å². The molecule has 1 saturated heterocycles. The van der Waals surface area contributed by atoms with Crippen molar-refractivity contribution in [2.45, 2.75) is 33.2 Å². The number of hydrogen-bond acceptors (Lipinski definition) is 4. The Morgan fingerprint density at radius 1 is 1.09 bits per heavy atom. The molecule has 6 heteroatoms. The largest absolute Gasteiger partial charge is 0.497 e. The van der Waals surface area contributed by atoms with Crippen LogP contribution in [0.5, 0.6) is 5.75 Å². The summed E-state index contributed by atoms with van der Waals surface area (Å²) in [6.07, 6.45) is 1.16. The molecule has 0 aromatic heterocycles. The summed E-state index contributed by atoms with van der Waals surface area (Å²) >= 11 is 0. The highest BCUT2D eigenvalue weighted by molar-refractivity contribution is 6.20. The van der Waals surface area contributed by atoms with E-state index in [4.69, 9.17) is 4.74 Å². The van der Waals surface area contributed by atoms with Gasteiger partial charge in [-0.1, -0.05) is 26.0 Å². The van der Waals surface area contributed by atoms with E-state index in [1.807, 2.05) is 38.1 Å². The number of nitrogens with zero attached hydrogens (tertiary/aromatic N) is 1. The molecular formula is C16H21N3O3. The first-order valence-electron chi connectivity index (χ1n) is 7.36. The maximum atomic E-state index is 12.2. The highest BCUT2D eigenvalue weighted by Gasteiger charge is 2.45. The second-order valence-corrected chi connectivity index (χ2v) is 5.21. The summed E-state index contributed by atoms with van der Waals surface area (Å²) in [5.41, 5.74) is 0.218. The Hall–Kier alpha value is -2.37. The van der Waals surface area contributed by atoms with Crippen molar-refractivity contribution in [3.05, 3.63) is 29.8 Å². The van der Waals surface area contributed by atoms with Gasteiger partial charge in [-0.25, -0.2) is 4.79 Å². The van der Waals surface area contributed by atoms with Crippen molar-refractivity contribution in [2.75, 3.05) is 7.11 Å². The van der Waals surface area contributed by atoms with Crippen LogP contribution in [0.15, 0.2) is 29.3 Å². The Bertz CT molecular complexity index is 589. The molecule has 118 valence electrons. The molecule has 1 fully saturated rings. The minimum absolute atomic E-state index is 0.283. The Morgan fingerprint density at radius 3 is 2.27 bits per heavy atom. The molecule has 1 heterocycles. The monoisotopic (exact) mass is 303 g/mol. The smallest absolute Gasteiger partial charge is 0.326 e. The van der Waals surface area contributed by atoms with E-state index >= 15 is 0 Å². The number of methoxy groups -OCH3 is 1. The Labute approximate surface area is 130 Å². The second-order valence-electron chi connectivity index (χ2n) is 5.21. The second kappa shape index (κ2) is 6.60. The van der Waals surface area contributed by atoms with Gasteiger partial charge in [-0.2, -0.15) is 0 Å². The number of ether oxygens (including phenoxy) is 1. The number of imide groups is 1. The van der Waals surface area contributed by atoms with Gasteiger partial charge < -0.3 is 4.74 Å². The normalized spacial score (nSPS) is 18.8. The summed E-state index contributed by atoms with van der Waals surface area (Å²) in [5.74, 6) is 0.940. The van der Waals surface area contributed by atoms with Crippen LogP contribution in [0.25, 0.3) is 0 Å². The summed E-state index contributed by atoms with van der Waals surface area (Å²) in [7, 11) is 1.61. The number of benzene rings is 1. The number of carbonyl (C=O) groups is 2. The molecule has 0 spiro atoms. The molecule has 1 aliphatic heterocycles. The zero-order valence-corrected chi connectivity index (χ0v) is 13.1. The van der Waals surface area contributed by atoms with Gasteiger partial charge in [-0.15, -0.1) is 0 Å². The third-order valence-corrected chi connectivity index (χ3v) is 4.13. The maximum Gasteiger partial charge on any atom is 0.326 e. The summed E-state index contributed by atoms with van der Waals surface area (Å²) < 4.78 is 5.11. The van der Waals surface area contributed by atoms with Gasteiger partial charge in [-0.05, 0) is 30.5 Å². The number of rotatable bonds is 5. The number of hydrogen-bond donors (Lipinski definition) is 2. The number of carbonyl (C=O) groups excluding carboxylic acids is 2. The topological polar surface area (TPSA) is 79.8 Å². The van der Waals surface area contributed by atoms with Crippen molar-refractivity contribution in [1.29, 1.82) is 0 Å². The van der Waals surface area contributed by atoms with E-state index in [0.29, 0.717) is 25.2 Å². The molecule has 0 aliphatic carbocycles. The number of amides is 3. The fraction of sp³-hybridized carbons (Fsp3) is 0.438. The van der Waals surface area contributed by atoms with Gasteiger partial charge in [0.15, 0.2) is 0 Å². The van der Waals surface area contributed by atoms with Crippen LogP contribution in [-0.2, 0) is 11.3 Å². The van der Waals surface area contributed by atoms with Crippen molar-refractivity contribution in [3.63, 3.8) is 0 Å². The van der Waals surface area contributed by atoms with Gasteiger partial charge in [0.2, 0.25) is 5.91 Å². The lowest BCUT2D eigenvalue weighted by molar-refractivity contribution is -0.127. The molecule has 1 aromatic rings. The first-order valence-corrected chi connectivity index (χ1v) is 7.36. The maximum absolute atomic E-state index is 12.2. The van der Waals surface area contributed by atoms with Gasteiger partial charge in [0.1, 0.15) is 17.0 Å². The number of nitrogens with one attached hydrogen (secondary N) is 2. The molecule has 0 radical (unpaired) electrons. The van der Waals surface area contributed by atoms with Gasteiger partial charge in [0.05, 0.1) is 13.7 Å². The molecule has 0 bridgehead atoms. The van der Waals surface area contributed by atoms with Crippen LogP contribution in [0, 0.1) is 5.41 Å². The van der Waals surface area contributed by atoms with E-state index in [1.54, 1.807) is 7.11 Å². The number of amidine groups is 1. The Balaban J connectivity index is 2.25. The van der Waals surface area contributed by atoms with Gasteiger partial charge in [-0.3, -0.25) is 20.4 Å². The van der Waals surface area contributed by atoms with E-state index in [9.17, 15) is 9.59 Å². The van der Waals surface area contributed by atoms with Gasteiger partial charge >= 0.3 is 6.03 Å². The lowest BCUT2D eigenvalue weighted by atomic mass is 9.78. The highest BCUT2D eigenvalue weighted by Crippen LogP contribution is 2.30. The van der Waals surface area contributed by atoms with E-state index in [2.05, 4.69) is 15.6 Å². The minimum atomic E-state index is -0.764. The predicted octanol–water partition coefficient (Wildman–Crippen LogP) is 2.24. The van der Waals surface area contributed by atoms with Crippen LogP contribution in [0.2, 0.25) is 0 Å². The fourth-order valence-electron chi connectivity index (χ4n) is 2.59. The van der Waals surface area contributed by atoms with E-state index < -0.39 is 11.4 Å². The molecule has 3 amide bonds. The van der Waals surface area contributed by atoms with Crippen molar-refractivity contribution >= 4 is 17.8 Å². The Morgan fingerprint density at radius 2 is 1.73 bits per heavy atom. The molecule has 0 atom stereocenters. The third-order valence-electron chi connectivity index (χ3n) is 4.13. The van der Waals surface area contributed by atoms with Crippen LogP contribution < -0.4 is 15.4 Å². The summed E-state index contributed by atoms with van der Waals surface area (Å²) in [5, 5.41) is 5.02. The van der Waals surface area contributed by atoms with Crippen LogP contribution in [0.3, 0.4) is 0 Å². The van der Waals surface area contributed by atoms with E-state index in [-0.39, 0.29) is 5.91 Å². The number of urea groups is 1. The summed E-state index contributed by atoms with van der Waals surface area (Å²) in [4.78, 5) is 28.3. The predicted molar refractivity (Wildman–Crippen MR) is 83.8 cm³/mol. The number of aliphatic imine (C=N–C) groups is 1. The SMILES string of the molecule is CCC1(CC)C(=O)NC(=O)NC1=NCc1ccc(OC)cc1. The molecule has 2 N–H and O–H groups in total. The lowest BCUT2D eigenvalue weighted by Gasteiger charge is -2.35. The zero-order chi connectivity index (χ0) is 16.2. The molecule has 1 aromatic carbocycles. The van der Waals surface area contributed by atoms with Crippen LogP contribution in [0.1, 0.15) is 32.3 Å². The average molecular weight is 303 g/mol. The van der Waals surface area contributed by atoms with E-state index in [1.165, 1.54) is 0 Å². The summed E-state index contributed by atoms with van der Waals surface area (Å²) in [6, 6.07) is 7.01. The summed E-state index contributed by atoms with van der Waals surface area (Å²) in [6.45, 7) is 4.24. The molecule has 2 rings (SSSR count). The first kappa shape index (κ1) is 16.0. The fourth-order valence-corrected chi connectivity index (χ4v) is 2.59. The lowest BCUT2D eigenvalue weighted by Crippen LogP contribution is -2.62. The quantitative estimate of drug-likeness (QED) is 0.875. The van der Waals surface area contributed by atoms with Crippen molar-refractivity contribution in [2.24, 2.45) is 10.4 Å². The van der Waals surface area contributed by atoms with Gasteiger partial charge in [0.25, 0.3) is 0 Å². The van der Waals surface area contributed by atoms with Crippen LogP contribution >= 0.6 is 0 Å². The third kappa shape index (κ3) is 2.95. The minimum Gasteiger partial charge on any atom is -0.497 e. The molecule has 0 saturated carbocycles. The molecule has 1 aliphatic rings. The molecule has 22 heavy (non-hydrogen) atoms. The van der Waals surface area contributed by atoms with Crippen LogP contribution in [-0.4, -0.2) is 24.9 Å². The molecule has 0 unspecified atom stereocenters. The zero-order valence-electron chi connectivity index (χ0n) is 13.1.